The SMILES string of the molecule is CCN(CCO)C(=O)c1ccccc1F. The zero-order chi connectivity index (χ0) is 11.3. The molecule has 0 spiro atoms. The topological polar surface area (TPSA) is 40.5 Å². The zero-order valence-electron chi connectivity index (χ0n) is 8.61. The molecule has 4 heteroatoms. The number of carbonyl (C=O) groups excluding carboxylic acids is 1. The number of benzene rings is 1. The molecule has 0 aliphatic rings. The monoisotopic (exact) mass is 211 g/mol. The maximum Gasteiger partial charge on any atom is 0.256 e. The third kappa shape index (κ3) is 2.76. The van der Waals surface area contributed by atoms with E-state index in [1.807, 2.05) is 0 Å². The lowest BCUT2D eigenvalue weighted by atomic mass is 10.2. The second kappa shape index (κ2) is 5.46. The number of aliphatic hydroxyl groups is 1. The van der Waals surface area contributed by atoms with Gasteiger partial charge in [0.2, 0.25) is 0 Å². The van der Waals surface area contributed by atoms with Crippen LogP contribution >= 0.6 is 0 Å². The molecule has 0 saturated carbocycles. The van der Waals surface area contributed by atoms with Gasteiger partial charge >= 0.3 is 0 Å². The van der Waals surface area contributed by atoms with Crippen LogP contribution in [0.25, 0.3) is 0 Å². The smallest absolute Gasteiger partial charge is 0.256 e. The molecule has 0 aliphatic heterocycles. The van der Waals surface area contributed by atoms with Gasteiger partial charge in [-0.2, -0.15) is 0 Å². The van der Waals surface area contributed by atoms with Gasteiger partial charge in [0, 0.05) is 13.1 Å². The van der Waals surface area contributed by atoms with Crippen LogP contribution < -0.4 is 0 Å². The van der Waals surface area contributed by atoms with E-state index in [-0.39, 0.29) is 24.6 Å². The van der Waals surface area contributed by atoms with Gasteiger partial charge in [0.1, 0.15) is 5.82 Å². The second-order valence-electron chi connectivity index (χ2n) is 3.09. The van der Waals surface area contributed by atoms with Crippen LogP contribution in [0.4, 0.5) is 4.39 Å². The molecular formula is C11H14FNO2. The van der Waals surface area contributed by atoms with Crippen molar-refractivity contribution in [1.29, 1.82) is 0 Å². The Morgan fingerprint density at radius 2 is 2.13 bits per heavy atom. The van der Waals surface area contributed by atoms with Gasteiger partial charge in [0.05, 0.1) is 12.2 Å². The van der Waals surface area contributed by atoms with Crippen LogP contribution in [-0.2, 0) is 0 Å². The molecule has 0 radical (unpaired) electrons. The molecule has 1 aromatic carbocycles. The van der Waals surface area contributed by atoms with Gasteiger partial charge in [0.25, 0.3) is 5.91 Å². The molecule has 0 atom stereocenters. The molecule has 1 rings (SSSR count). The van der Waals surface area contributed by atoms with E-state index in [1.54, 1.807) is 13.0 Å². The number of rotatable bonds is 4. The number of amides is 1. The number of carbonyl (C=O) groups is 1. The third-order valence-electron chi connectivity index (χ3n) is 2.14. The van der Waals surface area contributed by atoms with Crippen molar-refractivity contribution in [2.45, 2.75) is 6.92 Å². The molecule has 0 aliphatic carbocycles. The molecule has 82 valence electrons. The fourth-order valence-electron chi connectivity index (χ4n) is 1.33. The van der Waals surface area contributed by atoms with Gasteiger partial charge in [-0.25, -0.2) is 4.39 Å². The molecular weight excluding hydrogens is 197 g/mol. The van der Waals surface area contributed by atoms with Crippen molar-refractivity contribution >= 4 is 5.91 Å². The highest BCUT2D eigenvalue weighted by Crippen LogP contribution is 2.09. The van der Waals surface area contributed by atoms with Crippen molar-refractivity contribution in [3.63, 3.8) is 0 Å². The van der Waals surface area contributed by atoms with E-state index in [9.17, 15) is 9.18 Å². The van der Waals surface area contributed by atoms with Crippen LogP contribution in [0.5, 0.6) is 0 Å². The fraction of sp³-hybridized carbons (Fsp3) is 0.364. The zero-order valence-corrected chi connectivity index (χ0v) is 8.61. The third-order valence-corrected chi connectivity index (χ3v) is 2.14. The summed E-state index contributed by atoms with van der Waals surface area (Å²) in [5.74, 6) is -0.913. The number of likely N-dealkylation sites (N-methyl/N-ethyl adjacent to an activating group) is 1. The highest BCUT2D eigenvalue weighted by atomic mass is 19.1. The van der Waals surface area contributed by atoms with E-state index < -0.39 is 5.82 Å². The van der Waals surface area contributed by atoms with Crippen LogP contribution in [0.2, 0.25) is 0 Å². The second-order valence-corrected chi connectivity index (χ2v) is 3.09. The summed E-state index contributed by atoms with van der Waals surface area (Å²) in [6, 6.07) is 5.84. The van der Waals surface area contributed by atoms with E-state index >= 15 is 0 Å². The van der Waals surface area contributed by atoms with E-state index in [0.29, 0.717) is 6.54 Å². The van der Waals surface area contributed by atoms with Crippen molar-refractivity contribution in [3.8, 4) is 0 Å². The van der Waals surface area contributed by atoms with Crippen molar-refractivity contribution in [2.75, 3.05) is 19.7 Å². The summed E-state index contributed by atoms with van der Waals surface area (Å²) >= 11 is 0. The first kappa shape index (κ1) is 11.7. The first-order valence-electron chi connectivity index (χ1n) is 4.85. The van der Waals surface area contributed by atoms with E-state index in [0.717, 1.165) is 0 Å². The van der Waals surface area contributed by atoms with Crippen molar-refractivity contribution < 1.29 is 14.3 Å². The Labute approximate surface area is 88.1 Å². The number of aliphatic hydroxyl groups excluding tert-OH is 1. The molecule has 0 fully saturated rings. The van der Waals surface area contributed by atoms with Crippen molar-refractivity contribution in [1.82, 2.24) is 4.90 Å². The molecule has 0 aromatic heterocycles. The molecule has 0 unspecified atom stereocenters. The van der Waals surface area contributed by atoms with E-state index in [2.05, 4.69) is 0 Å². The van der Waals surface area contributed by atoms with Gasteiger partial charge in [-0.05, 0) is 19.1 Å². The summed E-state index contributed by atoms with van der Waals surface area (Å²) in [5, 5.41) is 8.75. The summed E-state index contributed by atoms with van der Waals surface area (Å²) < 4.78 is 13.3. The van der Waals surface area contributed by atoms with Crippen molar-refractivity contribution in [3.05, 3.63) is 35.6 Å². The molecule has 1 N–H and O–H groups in total. The van der Waals surface area contributed by atoms with Gasteiger partial charge < -0.3 is 10.0 Å². The van der Waals surface area contributed by atoms with Crippen LogP contribution in [0.15, 0.2) is 24.3 Å². The number of halogens is 1. The fourth-order valence-corrected chi connectivity index (χ4v) is 1.33. The highest BCUT2D eigenvalue weighted by Gasteiger charge is 2.16. The van der Waals surface area contributed by atoms with Gasteiger partial charge in [-0.3, -0.25) is 4.79 Å². The van der Waals surface area contributed by atoms with Gasteiger partial charge in [-0.1, -0.05) is 12.1 Å². The number of nitrogens with zero attached hydrogens (tertiary/aromatic N) is 1. The Morgan fingerprint density at radius 1 is 1.47 bits per heavy atom. The normalized spacial score (nSPS) is 10.1. The summed E-state index contributed by atoms with van der Waals surface area (Å²) in [5.41, 5.74) is 0.0489. The Hall–Kier alpha value is -1.42. The molecule has 1 aromatic rings. The van der Waals surface area contributed by atoms with Crippen LogP contribution in [0, 0.1) is 5.82 Å². The standard InChI is InChI=1S/C11H14FNO2/c1-2-13(7-8-14)11(15)9-5-3-4-6-10(9)12/h3-6,14H,2,7-8H2,1H3. The van der Waals surface area contributed by atoms with Gasteiger partial charge in [0.15, 0.2) is 0 Å². The minimum atomic E-state index is -0.529. The molecule has 3 nitrogen and oxygen atoms in total. The first-order valence-corrected chi connectivity index (χ1v) is 4.85. The lowest BCUT2D eigenvalue weighted by Gasteiger charge is -2.19. The average molecular weight is 211 g/mol. The quantitative estimate of drug-likeness (QED) is 0.815. The number of hydrogen-bond donors (Lipinski definition) is 1. The Bertz CT molecular complexity index is 341. The molecule has 0 saturated heterocycles. The van der Waals surface area contributed by atoms with E-state index in [4.69, 9.17) is 5.11 Å². The van der Waals surface area contributed by atoms with Crippen LogP contribution in [0.3, 0.4) is 0 Å². The summed E-state index contributed by atoms with van der Waals surface area (Å²) in [6.07, 6.45) is 0. The number of hydrogen-bond acceptors (Lipinski definition) is 2. The molecule has 0 heterocycles. The van der Waals surface area contributed by atoms with Crippen LogP contribution in [-0.4, -0.2) is 35.6 Å². The van der Waals surface area contributed by atoms with Crippen molar-refractivity contribution in [2.24, 2.45) is 0 Å². The van der Waals surface area contributed by atoms with Gasteiger partial charge in [-0.15, -0.1) is 0 Å². The minimum absolute atomic E-state index is 0.0489. The first-order chi connectivity index (χ1) is 7.20. The molecule has 1 amide bonds. The van der Waals surface area contributed by atoms with E-state index in [1.165, 1.54) is 23.1 Å². The van der Waals surface area contributed by atoms with Crippen LogP contribution in [0.1, 0.15) is 17.3 Å². The summed E-state index contributed by atoms with van der Waals surface area (Å²) in [6.45, 7) is 2.35. The maximum atomic E-state index is 13.3. The Morgan fingerprint density at radius 3 is 2.67 bits per heavy atom. The maximum absolute atomic E-state index is 13.3. The largest absolute Gasteiger partial charge is 0.395 e. The summed E-state index contributed by atoms with van der Waals surface area (Å²) in [4.78, 5) is 13.2. The Balaban J connectivity index is 2.88. The Kier molecular flexibility index (Phi) is 4.24. The minimum Gasteiger partial charge on any atom is -0.395 e. The lowest BCUT2D eigenvalue weighted by molar-refractivity contribution is 0.0727. The predicted octanol–water partition coefficient (Wildman–Crippen LogP) is 1.28. The average Bonchev–Trinajstić information content (AvgIpc) is 2.25. The highest BCUT2D eigenvalue weighted by molar-refractivity contribution is 5.94. The predicted molar refractivity (Wildman–Crippen MR) is 55.1 cm³/mol. The molecule has 0 bridgehead atoms. The lowest BCUT2D eigenvalue weighted by Crippen LogP contribution is -2.33. The molecule has 15 heavy (non-hydrogen) atoms. The summed E-state index contributed by atoms with van der Waals surface area (Å²) in [7, 11) is 0.